The van der Waals surface area contributed by atoms with Gasteiger partial charge in [-0.1, -0.05) is 6.92 Å². The molecule has 0 saturated carbocycles. The van der Waals surface area contributed by atoms with Gasteiger partial charge in [0, 0.05) is 6.04 Å². The molecule has 0 aliphatic heterocycles. The Hall–Kier alpha value is -2.05. The third-order valence-electron chi connectivity index (χ3n) is 2.14. The van der Waals surface area contributed by atoms with Crippen LogP contribution in [0.2, 0.25) is 0 Å². The van der Waals surface area contributed by atoms with Crippen LogP contribution in [0.15, 0.2) is 11.1 Å². The van der Waals surface area contributed by atoms with E-state index in [0.29, 0.717) is 6.42 Å². The van der Waals surface area contributed by atoms with Crippen LogP contribution in [0.1, 0.15) is 19.8 Å². The molecular formula is C9H14N4O3. The molecule has 0 bridgehead atoms. The first-order valence-corrected chi connectivity index (χ1v) is 4.86. The summed E-state index contributed by atoms with van der Waals surface area (Å²) in [5.74, 6) is -0.695. The van der Waals surface area contributed by atoms with Crippen molar-refractivity contribution in [2.45, 2.75) is 25.8 Å². The number of H-pyrrole nitrogens is 1. The summed E-state index contributed by atoms with van der Waals surface area (Å²) in [7, 11) is 0. The Morgan fingerprint density at radius 3 is 3.00 bits per heavy atom. The molecule has 0 aliphatic carbocycles. The van der Waals surface area contributed by atoms with Crippen LogP contribution in [0.5, 0.6) is 0 Å². The number of carboxylic acids is 1. The van der Waals surface area contributed by atoms with E-state index in [4.69, 9.17) is 10.8 Å². The Kier molecular flexibility index (Phi) is 3.87. The van der Waals surface area contributed by atoms with Gasteiger partial charge in [0.25, 0.3) is 5.56 Å². The van der Waals surface area contributed by atoms with Gasteiger partial charge in [-0.25, -0.2) is 4.98 Å². The number of nitrogen functional groups attached to an aromatic ring is 1. The highest BCUT2D eigenvalue weighted by molar-refractivity contribution is 5.69. The Balaban J connectivity index is 2.82. The first-order chi connectivity index (χ1) is 7.54. The molecule has 1 aromatic rings. The van der Waals surface area contributed by atoms with Gasteiger partial charge < -0.3 is 21.1 Å². The smallest absolute Gasteiger partial charge is 0.305 e. The maximum Gasteiger partial charge on any atom is 0.305 e. The lowest BCUT2D eigenvalue weighted by Gasteiger charge is -2.15. The predicted molar refractivity (Wildman–Crippen MR) is 59.2 cm³/mol. The zero-order valence-electron chi connectivity index (χ0n) is 8.86. The number of aliphatic carboxylic acids is 1. The lowest BCUT2D eigenvalue weighted by molar-refractivity contribution is -0.137. The molecule has 7 heteroatoms. The van der Waals surface area contributed by atoms with Crippen LogP contribution in [-0.2, 0) is 4.79 Å². The number of hydrogen-bond acceptors (Lipinski definition) is 5. The number of aromatic amines is 1. The van der Waals surface area contributed by atoms with Crippen molar-refractivity contribution >= 4 is 17.5 Å². The van der Waals surface area contributed by atoms with Crippen LogP contribution >= 0.6 is 0 Å². The summed E-state index contributed by atoms with van der Waals surface area (Å²) in [6.45, 7) is 1.84. The molecule has 0 aromatic carbocycles. The van der Waals surface area contributed by atoms with Gasteiger partial charge >= 0.3 is 5.97 Å². The van der Waals surface area contributed by atoms with E-state index < -0.39 is 11.5 Å². The summed E-state index contributed by atoms with van der Waals surface area (Å²) < 4.78 is 0. The van der Waals surface area contributed by atoms with Gasteiger partial charge in [0.15, 0.2) is 5.82 Å². The van der Waals surface area contributed by atoms with E-state index in [-0.39, 0.29) is 24.0 Å². The van der Waals surface area contributed by atoms with Crippen molar-refractivity contribution in [3.8, 4) is 0 Å². The molecule has 5 N–H and O–H groups in total. The Morgan fingerprint density at radius 2 is 2.44 bits per heavy atom. The number of anilines is 2. The second-order valence-corrected chi connectivity index (χ2v) is 3.34. The molecule has 7 nitrogen and oxygen atoms in total. The molecule has 1 heterocycles. The Labute approximate surface area is 91.7 Å². The molecule has 88 valence electrons. The largest absolute Gasteiger partial charge is 0.481 e. The minimum Gasteiger partial charge on any atom is -0.481 e. The minimum absolute atomic E-state index is 0.0358. The minimum atomic E-state index is -0.914. The summed E-state index contributed by atoms with van der Waals surface area (Å²) in [5, 5.41) is 11.5. The van der Waals surface area contributed by atoms with Crippen molar-refractivity contribution in [3.63, 3.8) is 0 Å². The molecule has 16 heavy (non-hydrogen) atoms. The summed E-state index contributed by atoms with van der Waals surface area (Å²) in [5.41, 5.74) is 5.02. The summed E-state index contributed by atoms with van der Waals surface area (Å²) in [6, 6.07) is -0.297. The molecule has 0 fully saturated rings. The number of hydrogen-bond donors (Lipinski definition) is 4. The number of carboxylic acid groups (broad SMARTS) is 1. The van der Waals surface area contributed by atoms with Crippen molar-refractivity contribution in [2.24, 2.45) is 0 Å². The van der Waals surface area contributed by atoms with E-state index >= 15 is 0 Å². The maximum atomic E-state index is 11.2. The van der Waals surface area contributed by atoms with Crippen molar-refractivity contribution in [1.29, 1.82) is 0 Å². The van der Waals surface area contributed by atoms with E-state index in [9.17, 15) is 9.59 Å². The third-order valence-corrected chi connectivity index (χ3v) is 2.14. The van der Waals surface area contributed by atoms with Crippen molar-refractivity contribution in [1.82, 2.24) is 9.97 Å². The third kappa shape index (κ3) is 2.97. The predicted octanol–water partition coefficient (Wildman–Crippen LogP) is 0.0173. The molecule has 0 spiro atoms. The first kappa shape index (κ1) is 12.0. The fourth-order valence-corrected chi connectivity index (χ4v) is 1.23. The molecule has 1 atom stereocenters. The second kappa shape index (κ2) is 5.15. The standard InChI is InChI=1S/C9H14N4O3/c1-2-5(3-6(14)15)13-8-7(10)9(16)12-4-11-8/h4-5H,2-3,10H2,1H3,(H,14,15)(H2,11,12,13,16). The van der Waals surface area contributed by atoms with E-state index in [1.165, 1.54) is 6.33 Å². The van der Waals surface area contributed by atoms with Gasteiger partial charge in [0.2, 0.25) is 0 Å². The van der Waals surface area contributed by atoms with Crippen molar-refractivity contribution < 1.29 is 9.90 Å². The lowest BCUT2D eigenvalue weighted by atomic mass is 10.1. The maximum absolute atomic E-state index is 11.2. The normalized spacial score (nSPS) is 12.1. The number of nitrogens with two attached hydrogens (primary N) is 1. The first-order valence-electron chi connectivity index (χ1n) is 4.86. The van der Waals surface area contributed by atoms with Crippen LogP contribution in [0.4, 0.5) is 11.5 Å². The van der Waals surface area contributed by atoms with Gasteiger partial charge in [-0.3, -0.25) is 9.59 Å². The van der Waals surface area contributed by atoms with E-state index in [1.807, 2.05) is 6.92 Å². The molecule has 1 aromatic heterocycles. The average molecular weight is 226 g/mol. The number of nitrogens with one attached hydrogen (secondary N) is 2. The number of aromatic nitrogens is 2. The van der Waals surface area contributed by atoms with Crippen LogP contribution in [0, 0.1) is 0 Å². The summed E-state index contributed by atoms with van der Waals surface area (Å²) in [4.78, 5) is 27.9. The van der Waals surface area contributed by atoms with Gasteiger partial charge in [0.05, 0.1) is 12.7 Å². The number of carbonyl (C=O) groups is 1. The van der Waals surface area contributed by atoms with Crippen LogP contribution < -0.4 is 16.6 Å². The zero-order valence-corrected chi connectivity index (χ0v) is 8.86. The molecule has 1 rings (SSSR count). The quantitative estimate of drug-likeness (QED) is 0.561. The molecule has 1 unspecified atom stereocenters. The molecule has 0 radical (unpaired) electrons. The Bertz CT molecular complexity index is 429. The fourth-order valence-electron chi connectivity index (χ4n) is 1.23. The second-order valence-electron chi connectivity index (χ2n) is 3.34. The molecule has 0 amide bonds. The molecular weight excluding hydrogens is 212 g/mol. The highest BCUT2D eigenvalue weighted by atomic mass is 16.4. The van der Waals surface area contributed by atoms with Gasteiger partial charge in [0.1, 0.15) is 5.69 Å². The van der Waals surface area contributed by atoms with Crippen molar-refractivity contribution in [3.05, 3.63) is 16.7 Å². The molecule has 0 aliphatic rings. The van der Waals surface area contributed by atoms with Gasteiger partial charge in [-0.2, -0.15) is 0 Å². The topological polar surface area (TPSA) is 121 Å². The highest BCUT2D eigenvalue weighted by Crippen LogP contribution is 2.12. The number of nitrogens with zero attached hydrogens (tertiary/aromatic N) is 1. The van der Waals surface area contributed by atoms with E-state index in [1.54, 1.807) is 0 Å². The lowest BCUT2D eigenvalue weighted by Crippen LogP contribution is -2.25. The van der Waals surface area contributed by atoms with Gasteiger partial charge in [-0.05, 0) is 6.42 Å². The monoisotopic (exact) mass is 226 g/mol. The summed E-state index contributed by atoms with van der Waals surface area (Å²) >= 11 is 0. The fraction of sp³-hybridized carbons (Fsp3) is 0.444. The van der Waals surface area contributed by atoms with Crippen LogP contribution in [0.25, 0.3) is 0 Å². The van der Waals surface area contributed by atoms with Gasteiger partial charge in [-0.15, -0.1) is 0 Å². The molecule has 0 saturated heterocycles. The van der Waals surface area contributed by atoms with Crippen LogP contribution in [-0.4, -0.2) is 27.1 Å². The SMILES string of the molecule is CCC(CC(=O)O)Nc1nc[nH]c(=O)c1N. The van der Waals surface area contributed by atoms with E-state index in [0.717, 1.165) is 0 Å². The average Bonchev–Trinajstić information content (AvgIpc) is 2.23. The van der Waals surface area contributed by atoms with Crippen LogP contribution in [0.3, 0.4) is 0 Å². The number of rotatable bonds is 5. The highest BCUT2D eigenvalue weighted by Gasteiger charge is 2.13. The Morgan fingerprint density at radius 1 is 1.75 bits per heavy atom. The zero-order chi connectivity index (χ0) is 12.1. The summed E-state index contributed by atoms with van der Waals surface area (Å²) in [6.07, 6.45) is 1.76. The van der Waals surface area contributed by atoms with E-state index in [2.05, 4.69) is 15.3 Å². The van der Waals surface area contributed by atoms with Crippen molar-refractivity contribution in [2.75, 3.05) is 11.1 Å².